The van der Waals surface area contributed by atoms with Crippen LogP contribution < -0.4 is 9.64 Å². The van der Waals surface area contributed by atoms with Crippen molar-refractivity contribution >= 4 is 11.6 Å². The number of pyridine rings is 1. The Labute approximate surface area is 165 Å². The van der Waals surface area contributed by atoms with Gasteiger partial charge in [-0.15, -0.1) is 0 Å². The molecule has 2 aliphatic heterocycles. The summed E-state index contributed by atoms with van der Waals surface area (Å²) in [5.74, 6) is 1.27. The summed E-state index contributed by atoms with van der Waals surface area (Å²) in [7, 11) is 1.63. The van der Waals surface area contributed by atoms with Crippen molar-refractivity contribution in [3.63, 3.8) is 0 Å². The summed E-state index contributed by atoms with van der Waals surface area (Å²) in [6, 6.07) is 9.69. The molecule has 2 aromatic rings. The quantitative estimate of drug-likeness (QED) is 0.821. The number of carbonyl (C=O) groups is 1. The molecule has 1 saturated heterocycles. The number of aromatic nitrogens is 1. The van der Waals surface area contributed by atoms with E-state index in [-0.39, 0.29) is 5.91 Å². The zero-order chi connectivity index (χ0) is 19.8. The molecule has 0 spiro atoms. The average Bonchev–Trinajstić information content (AvgIpc) is 3.08. The summed E-state index contributed by atoms with van der Waals surface area (Å²) >= 11 is 0. The van der Waals surface area contributed by atoms with Gasteiger partial charge in [-0.05, 0) is 49.2 Å². The Morgan fingerprint density at radius 3 is 2.79 bits per heavy atom. The highest BCUT2D eigenvalue weighted by Crippen LogP contribution is 2.35. The van der Waals surface area contributed by atoms with Crippen molar-refractivity contribution in [3.05, 3.63) is 52.3 Å². The third-order valence-corrected chi connectivity index (χ3v) is 5.67. The zero-order valence-electron chi connectivity index (χ0n) is 16.5. The predicted molar refractivity (Wildman–Crippen MR) is 106 cm³/mol. The Balaban J connectivity index is 1.36. The molecule has 0 saturated carbocycles. The lowest BCUT2D eigenvalue weighted by atomic mass is 9.94. The van der Waals surface area contributed by atoms with Gasteiger partial charge in [0, 0.05) is 37.7 Å². The van der Waals surface area contributed by atoms with Crippen molar-refractivity contribution < 1.29 is 9.53 Å². The number of aryl methyl sites for hydroxylation is 2. The molecule has 144 valence electrons. The van der Waals surface area contributed by atoms with E-state index in [1.807, 2.05) is 24.0 Å². The fraction of sp³-hybridized carbons (Fsp3) is 0.409. The molecule has 1 amide bonds. The molecule has 2 aliphatic rings. The molecule has 1 fully saturated rings. The van der Waals surface area contributed by atoms with E-state index >= 15 is 0 Å². The minimum Gasteiger partial charge on any atom is -0.495 e. The third kappa shape index (κ3) is 3.29. The number of anilines is 1. The number of carbonyl (C=O) groups excluding carboxylic acids is 1. The maximum atomic E-state index is 12.8. The van der Waals surface area contributed by atoms with E-state index in [0.29, 0.717) is 31.0 Å². The van der Waals surface area contributed by atoms with Crippen LogP contribution in [0.3, 0.4) is 0 Å². The molecular weight excluding hydrogens is 352 g/mol. The fourth-order valence-corrected chi connectivity index (χ4v) is 4.17. The molecule has 1 aromatic heterocycles. The van der Waals surface area contributed by atoms with Crippen LogP contribution in [0.4, 0.5) is 5.69 Å². The monoisotopic (exact) mass is 376 g/mol. The standard InChI is InChI=1S/C22H24N4O2/c1-14-6-15(2)24-19-13-26(12-18(14)19)22(27)8-17-10-25(11-17)20-7-16(9-23)4-5-21(20)28-3/h4-7,17H,8,10-13H2,1-3H3. The van der Waals surface area contributed by atoms with Crippen LogP contribution in [0.25, 0.3) is 0 Å². The molecule has 0 atom stereocenters. The fourth-order valence-electron chi connectivity index (χ4n) is 4.17. The highest BCUT2D eigenvalue weighted by Gasteiger charge is 2.33. The van der Waals surface area contributed by atoms with Gasteiger partial charge in [-0.2, -0.15) is 5.26 Å². The van der Waals surface area contributed by atoms with E-state index in [4.69, 9.17) is 10.00 Å². The van der Waals surface area contributed by atoms with Gasteiger partial charge in [0.2, 0.25) is 5.91 Å². The molecule has 3 heterocycles. The lowest BCUT2D eigenvalue weighted by Crippen LogP contribution is -2.48. The smallest absolute Gasteiger partial charge is 0.223 e. The largest absolute Gasteiger partial charge is 0.495 e. The van der Waals surface area contributed by atoms with Crippen molar-refractivity contribution in [1.29, 1.82) is 5.26 Å². The number of fused-ring (bicyclic) bond motifs is 1. The Morgan fingerprint density at radius 1 is 1.29 bits per heavy atom. The number of ether oxygens (including phenoxy) is 1. The first-order chi connectivity index (χ1) is 13.5. The summed E-state index contributed by atoms with van der Waals surface area (Å²) in [6.07, 6.45) is 0.544. The third-order valence-electron chi connectivity index (χ3n) is 5.67. The van der Waals surface area contributed by atoms with Gasteiger partial charge in [-0.1, -0.05) is 0 Å². The average molecular weight is 376 g/mol. The van der Waals surface area contributed by atoms with Gasteiger partial charge in [0.05, 0.1) is 36.7 Å². The van der Waals surface area contributed by atoms with Gasteiger partial charge >= 0.3 is 0 Å². The van der Waals surface area contributed by atoms with E-state index in [2.05, 4.69) is 28.9 Å². The van der Waals surface area contributed by atoms with Crippen molar-refractivity contribution in [3.8, 4) is 11.8 Å². The summed E-state index contributed by atoms with van der Waals surface area (Å²) in [5.41, 5.74) is 6.01. The first-order valence-corrected chi connectivity index (χ1v) is 9.55. The number of rotatable bonds is 4. The number of amides is 1. The van der Waals surface area contributed by atoms with Crippen LogP contribution in [0.5, 0.6) is 5.75 Å². The van der Waals surface area contributed by atoms with Crippen LogP contribution >= 0.6 is 0 Å². The topological polar surface area (TPSA) is 69.5 Å². The Kier molecular flexibility index (Phi) is 4.68. The first-order valence-electron chi connectivity index (χ1n) is 9.55. The molecule has 0 aliphatic carbocycles. The maximum Gasteiger partial charge on any atom is 0.223 e. The number of nitriles is 1. The second-order valence-electron chi connectivity index (χ2n) is 7.73. The van der Waals surface area contributed by atoms with Crippen LogP contribution in [0.15, 0.2) is 24.3 Å². The minimum atomic E-state index is 0.192. The Hall–Kier alpha value is -3.07. The van der Waals surface area contributed by atoms with Crippen LogP contribution in [0, 0.1) is 31.1 Å². The Bertz CT molecular complexity index is 973. The van der Waals surface area contributed by atoms with Crippen molar-refractivity contribution in [1.82, 2.24) is 9.88 Å². The molecule has 28 heavy (non-hydrogen) atoms. The van der Waals surface area contributed by atoms with Crippen LogP contribution in [-0.2, 0) is 17.9 Å². The SMILES string of the molecule is COc1ccc(C#N)cc1N1CC(CC(=O)N2Cc3nc(C)cc(C)c3C2)C1. The molecule has 0 radical (unpaired) electrons. The van der Waals surface area contributed by atoms with E-state index in [1.165, 1.54) is 11.1 Å². The number of methoxy groups -OCH3 is 1. The van der Waals surface area contributed by atoms with Gasteiger partial charge in [-0.3, -0.25) is 9.78 Å². The lowest BCUT2D eigenvalue weighted by Gasteiger charge is -2.41. The van der Waals surface area contributed by atoms with Gasteiger partial charge in [-0.25, -0.2) is 0 Å². The molecule has 6 nitrogen and oxygen atoms in total. The normalized spacial score (nSPS) is 15.8. The highest BCUT2D eigenvalue weighted by atomic mass is 16.5. The van der Waals surface area contributed by atoms with Crippen molar-refractivity contribution in [2.45, 2.75) is 33.4 Å². The molecule has 4 rings (SSSR count). The number of benzene rings is 1. The molecule has 0 bridgehead atoms. The van der Waals surface area contributed by atoms with Crippen LogP contribution in [0.1, 0.15) is 34.5 Å². The molecule has 1 aromatic carbocycles. The second-order valence-corrected chi connectivity index (χ2v) is 7.73. The molecule has 0 N–H and O–H groups in total. The molecule has 6 heteroatoms. The van der Waals surface area contributed by atoms with Gasteiger partial charge < -0.3 is 14.5 Å². The van der Waals surface area contributed by atoms with Gasteiger partial charge in [0.1, 0.15) is 5.75 Å². The van der Waals surface area contributed by atoms with Crippen molar-refractivity contribution in [2.75, 3.05) is 25.1 Å². The number of nitrogens with zero attached hydrogens (tertiary/aromatic N) is 4. The van der Waals surface area contributed by atoms with Crippen molar-refractivity contribution in [2.24, 2.45) is 5.92 Å². The van der Waals surface area contributed by atoms with Gasteiger partial charge in [0.25, 0.3) is 0 Å². The number of hydrogen-bond acceptors (Lipinski definition) is 5. The maximum absolute atomic E-state index is 12.8. The molecular formula is C22H24N4O2. The van der Waals surface area contributed by atoms with Crippen LogP contribution in [-0.4, -0.2) is 36.0 Å². The van der Waals surface area contributed by atoms with Gasteiger partial charge in [0.15, 0.2) is 0 Å². The van der Waals surface area contributed by atoms with E-state index in [0.717, 1.165) is 35.9 Å². The summed E-state index contributed by atoms with van der Waals surface area (Å²) in [6.45, 7) is 6.97. The summed E-state index contributed by atoms with van der Waals surface area (Å²) < 4.78 is 5.42. The summed E-state index contributed by atoms with van der Waals surface area (Å²) in [4.78, 5) is 21.5. The Morgan fingerprint density at radius 2 is 2.07 bits per heavy atom. The lowest BCUT2D eigenvalue weighted by molar-refractivity contribution is -0.133. The minimum absolute atomic E-state index is 0.192. The first kappa shape index (κ1) is 18.3. The predicted octanol–water partition coefficient (Wildman–Crippen LogP) is 2.95. The van der Waals surface area contributed by atoms with E-state index in [9.17, 15) is 4.79 Å². The number of hydrogen-bond donors (Lipinski definition) is 0. The second kappa shape index (κ2) is 7.16. The zero-order valence-corrected chi connectivity index (χ0v) is 16.5. The van der Waals surface area contributed by atoms with E-state index < -0.39 is 0 Å². The molecule has 0 unspecified atom stereocenters. The highest BCUT2D eigenvalue weighted by molar-refractivity contribution is 5.78. The summed E-state index contributed by atoms with van der Waals surface area (Å²) in [5, 5.41) is 9.14. The van der Waals surface area contributed by atoms with Crippen LogP contribution in [0.2, 0.25) is 0 Å². The van der Waals surface area contributed by atoms with E-state index in [1.54, 1.807) is 13.2 Å².